The first kappa shape index (κ1) is 42.1. The second-order valence-corrected chi connectivity index (χ2v) is 14.6. The Balaban J connectivity index is 1.25. The van der Waals surface area contributed by atoms with Gasteiger partial charge in [0.1, 0.15) is 30.8 Å². The molecule has 0 unspecified atom stereocenters. The molecule has 56 heavy (non-hydrogen) atoms. The summed E-state index contributed by atoms with van der Waals surface area (Å²) in [6.45, 7) is 11.1. The molecular weight excluding hydrogens is 712 g/mol. The van der Waals surface area contributed by atoms with E-state index in [2.05, 4.69) is 56.1 Å². The van der Waals surface area contributed by atoms with E-state index in [9.17, 15) is 14.4 Å². The van der Waals surface area contributed by atoms with Crippen molar-refractivity contribution in [2.45, 2.75) is 63.4 Å². The normalized spacial score (nSPS) is 19.3. The number of aliphatic hydroxyl groups is 1. The van der Waals surface area contributed by atoms with E-state index in [1.165, 1.54) is 12.7 Å². The molecule has 0 spiro atoms. The number of methoxy groups -OCH3 is 2. The zero-order valence-electron chi connectivity index (χ0n) is 32.6. The third kappa shape index (κ3) is 11.5. The number of rotatable bonds is 18. The summed E-state index contributed by atoms with van der Waals surface area (Å²) in [4.78, 5) is 36.5. The molecule has 10 nitrogen and oxygen atoms in total. The van der Waals surface area contributed by atoms with Gasteiger partial charge in [0.25, 0.3) is 0 Å². The number of ether oxygens (including phenoxy) is 6. The third-order valence-corrected chi connectivity index (χ3v) is 10.8. The van der Waals surface area contributed by atoms with Crippen molar-refractivity contribution in [2.24, 2.45) is 11.8 Å². The number of carbonyl (C=O) groups excluding carboxylic acids is 3. The molecule has 0 aliphatic heterocycles. The molecule has 5 rings (SSSR count). The van der Waals surface area contributed by atoms with Crippen LogP contribution in [0.4, 0.5) is 0 Å². The van der Waals surface area contributed by atoms with Crippen LogP contribution in [0.25, 0.3) is 22.3 Å². The average Bonchev–Trinajstić information content (AvgIpc) is 3.22. The van der Waals surface area contributed by atoms with E-state index in [0.29, 0.717) is 29.1 Å². The summed E-state index contributed by atoms with van der Waals surface area (Å²) in [5.74, 6) is 1.18. The summed E-state index contributed by atoms with van der Waals surface area (Å²) in [5.41, 5.74) is 6.06. The first-order chi connectivity index (χ1) is 27.1. The molecule has 0 aromatic heterocycles. The van der Waals surface area contributed by atoms with Gasteiger partial charge in [-0.05, 0) is 121 Å². The molecule has 10 heteroatoms. The number of benzene rings is 3. The third-order valence-electron chi connectivity index (χ3n) is 10.8. The molecule has 1 N–H and O–H groups in total. The number of carbonyl (C=O) groups is 3. The Morgan fingerprint density at radius 2 is 1.16 bits per heavy atom. The number of hydrogen-bond acceptors (Lipinski definition) is 10. The van der Waals surface area contributed by atoms with Gasteiger partial charge in [-0.2, -0.15) is 0 Å². The lowest BCUT2D eigenvalue weighted by Gasteiger charge is -2.38. The van der Waals surface area contributed by atoms with Gasteiger partial charge in [-0.3, -0.25) is 0 Å². The number of hydrogen-bond donors (Lipinski definition) is 1. The van der Waals surface area contributed by atoms with Gasteiger partial charge >= 0.3 is 17.9 Å². The second kappa shape index (κ2) is 20.8. The Hall–Kier alpha value is -5.03. The van der Waals surface area contributed by atoms with Crippen LogP contribution >= 0.6 is 0 Å². The van der Waals surface area contributed by atoms with E-state index in [0.717, 1.165) is 79.4 Å². The van der Waals surface area contributed by atoms with Crippen LogP contribution in [0, 0.1) is 11.8 Å². The zero-order valence-corrected chi connectivity index (χ0v) is 32.6. The van der Waals surface area contributed by atoms with Crippen molar-refractivity contribution >= 4 is 17.9 Å². The average molecular weight is 767 g/mol. The van der Waals surface area contributed by atoms with Crippen molar-refractivity contribution in [3.63, 3.8) is 0 Å². The smallest absolute Gasteiger partial charge is 0.341 e. The molecule has 3 aromatic rings. The molecule has 2 saturated carbocycles. The number of aliphatic hydroxyl groups excluding tert-OH is 1. The van der Waals surface area contributed by atoms with Crippen LogP contribution in [0.1, 0.15) is 62.8 Å². The predicted octanol–water partition coefficient (Wildman–Crippen LogP) is 8.18. The molecule has 0 heterocycles. The monoisotopic (exact) mass is 766 g/mol. The molecule has 3 aromatic carbocycles. The molecule has 0 amide bonds. The summed E-state index contributed by atoms with van der Waals surface area (Å²) >= 11 is 0. The van der Waals surface area contributed by atoms with Crippen LogP contribution in [0.5, 0.6) is 11.5 Å². The summed E-state index contributed by atoms with van der Waals surface area (Å²) in [7, 11) is 3.04. The van der Waals surface area contributed by atoms with E-state index in [-0.39, 0.29) is 49.6 Å². The molecule has 298 valence electrons. The maximum Gasteiger partial charge on any atom is 0.341 e. The van der Waals surface area contributed by atoms with Gasteiger partial charge in [-0.25, -0.2) is 14.4 Å². The van der Waals surface area contributed by atoms with Crippen LogP contribution in [-0.2, 0) is 33.3 Å². The van der Waals surface area contributed by atoms with Crippen molar-refractivity contribution in [1.29, 1.82) is 0 Å². The van der Waals surface area contributed by atoms with E-state index >= 15 is 0 Å². The van der Waals surface area contributed by atoms with Crippen molar-refractivity contribution in [3.05, 3.63) is 109 Å². The lowest BCUT2D eigenvalue weighted by molar-refractivity contribution is -0.147. The number of esters is 3. The van der Waals surface area contributed by atoms with Crippen LogP contribution < -0.4 is 9.47 Å². The maximum atomic E-state index is 12.3. The van der Waals surface area contributed by atoms with Crippen molar-refractivity contribution in [1.82, 2.24) is 0 Å². The fraction of sp³-hybridized carbons (Fsp3) is 0.413. The SMILES string of the molecule is C=C(COC)C(=O)OCCOc1ccc(-c2ccc(-c3ccc(OC(=O)C(=C)CO)cc3)cc2)c(C2CCC(C3CCC(OC(=O)C(=C)COC)CC3)CC2)c1. The zero-order chi connectivity index (χ0) is 40.0. The van der Waals surface area contributed by atoms with Crippen molar-refractivity contribution in [2.75, 3.05) is 47.3 Å². The highest BCUT2D eigenvalue weighted by atomic mass is 16.6. The van der Waals surface area contributed by atoms with Crippen molar-refractivity contribution in [3.8, 4) is 33.8 Å². The predicted molar refractivity (Wildman–Crippen MR) is 214 cm³/mol. The minimum atomic E-state index is -0.661. The van der Waals surface area contributed by atoms with Gasteiger partial charge in [0.05, 0.1) is 36.5 Å². The van der Waals surface area contributed by atoms with Gasteiger partial charge < -0.3 is 33.5 Å². The maximum absolute atomic E-state index is 12.3. The first-order valence-corrected chi connectivity index (χ1v) is 19.3. The van der Waals surface area contributed by atoms with Gasteiger partial charge in [-0.15, -0.1) is 0 Å². The molecule has 0 radical (unpaired) electrons. The Kier molecular flexibility index (Phi) is 15.6. The molecule has 2 aliphatic rings. The quantitative estimate of drug-likeness (QED) is 0.0586. The molecular formula is C46H54O10. The van der Waals surface area contributed by atoms with E-state index in [1.807, 2.05) is 18.2 Å². The summed E-state index contributed by atoms with van der Waals surface area (Å²) in [6, 6.07) is 21.9. The molecule has 2 fully saturated rings. The van der Waals surface area contributed by atoms with E-state index < -0.39 is 18.5 Å². The molecule has 0 atom stereocenters. The fourth-order valence-electron chi connectivity index (χ4n) is 7.71. The standard InChI is InChI=1S/C46H54O10/c1-30(27-47)45(49)55-39-18-14-35(15-19-39)33-6-10-37(11-7-33)42-23-22-41(53-24-25-54-44(48)31(2)28-51-4)26-43(42)38-12-8-34(9-13-38)36-16-20-40(21-17-36)56-46(50)32(3)29-52-5/h6-7,10-11,14-15,18-19,22-23,26,34,36,38,40,47H,1-3,8-9,12-13,16-17,20-21,24-25,27-29H2,4-5H3. The Bertz CT molecular complexity index is 1830. The largest absolute Gasteiger partial charge is 0.490 e. The fourth-order valence-corrected chi connectivity index (χ4v) is 7.71. The Morgan fingerprint density at radius 1 is 0.625 bits per heavy atom. The minimum Gasteiger partial charge on any atom is -0.490 e. The highest BCUT2D eigenvalue weighted by Gasteiger charge is 2.33. The topological polar surface area (TPSA) is 127 Å². The summed E-state index contributed by atoms with van der Waals surface area (Å²) in [6.07, 6.45) is 8.20. The Labute approximate surface area is 330 Å². The minimum absolute atomic E-state index is 0.00684. The van der Waals surface area contributed by atoms with Crippen LogP contribution in [-0.4, -0.2) is 76.4 Å². The molecule has 2 aliphatic carbocycles. The van der Waals surface area contributed by atoms with Gasteiger partial charge in [0, 0.05) is 14.2 Å². The van der Waals surface area contributed by atoms with Gasteiger partial charge in [0.2, 0.25) is 0 Å². The van der Waals surface area contributed by atoms with Gasteiger partial charge in [-0.1, -0.05) is 62.2 Å². The van der Waals surface area contributed by atoms with Gasteiger partial charge in [0.15, 0.2) is 0 Å². The molecule has 0 saturated heterocycles. The van der Waals surface area contributed by atoms with Crippen LogP contribution in [0.3, 0.4) is 0 Å². The van der Waals surface area contributed by atoms with E-state index in [4.69, 9.17) is 33.5 Å². The highest BCUT2D eigenvalue weighted by molar-refractivity contribution is 5.90. The van der Waals surface area contributed by atoms with Crippen LogP contribution in [0.2, 0.25) is 0 Å². The lowest BCUT2D eigenvalue weighted by atomic mass is 9.69. The van der Waals surface area contributed by atoms with Crippen LogP contribution in [0.15, 0.2) is 103 Å². The summed E-state index contributed by atoms with van der Waals surface area (Å²) in [5, 5.41) is 9.14. The summed E-state index contributed by atoms with van der Waals surface area (Å²) < 4.78 is 32.4. The van der Waals surface area contributed by atoms with E-state index in [1.54, 1.807) is 19.2 Å². The molecule has 0 bridgehead atoms. The Morgan fingerprint density at radius 3 is 1.75 bits per heavy atom. The lowest BCUT2D eigenvalue weighted by Crippen LogP contribution is -2.30. The van der Waals surface area contributed by atoms with Crippen molar-refractivity contribution < 1.29 is 47.9 Å². The second-order valence-electron chi connectivity index (χ2n) is 14.6. The highest BCUT2D eigenvalue weighted by Crippen LogP contribution is 2.46. The first-order valence-electron chi connectivity index (χ1n) is 19.3.